The van der Waals surface area contributed by atoms with E-state index in [9.17, 15) is 5.11 Å². The van der Waals surface area contributed by atoms with E-state index in [1.54, 1.807) is 25.5 Å². The van der Waals surface area contributed by atoms with E-state index in [1.165, 1.54) is 11.8 Å². The summed E-state index contributed by atoms with van der Waals surface area (Å²) < 4.78 is 1.82. The topological polar surface area (TPSA) is 63.8 Å². The van der Waals surface area contributed by atoms with E-state index in [1.807, 2.05) is 17.7 Å². The second kappa shape index (κ2) is 4.63. The zero-order valence-corrected chi connectivity index (χ0v) is 9.85. The Morgan fingerprint density at radius 1 is 1.50 bits per heavy atom. The van der Waals surface area contributed by atoms with Gasteiger partial charge in [-0.3, -0.25) is 0 Å². The first-order valence-corrected chi connectivity index (χ1v) is 5.64. The number of aliphatic hydroxyl groups is 1. The minimum atomic E-state index is -0.484. The van der Waals surface area contributed by atoms with Crippen LogP contribution in [0.5, 0.6) is 0 Å². The van der Waals surface area contributed by atoms with Crippen LogP contribution in [0.2, 0.25) is 0 Å². The Kier molecular flexibility index (Phi) is 3.21. The second-order valence-corrected chi connectivity index (χ2v) is 4.42. The molecular formula is C10H12N4OS. The number of aromatic nitrogens is 4. The van der Waals surface area contributed by atoms with Crippen LogP contribution in [-0.4, -0.2) is 24.9 Å². The molecule has 2 heterocycles. The van der Waals surface area contributed by atoms with Crippen molar-refractivity contribution in [2.45, 2.75) is 23.2 Å². The normalized spacial score (nSPS) is 12.7. The van der Waals surface area contributed by atoms with Gasteiger partial charge < -0.3 is 9.67 Å². The molecule has 0 aliphatic heterocycles. The van der Waals surface area contributed by atoms with Gasteiger partial charge in [0.2, 0.25) is 0 Å². The maximum Gasteiger partial charge on any atom is 0.197 e. The van der Waals surface area contributed by atoms with Gasteiger partial charge in [0.15, 0.2) is 5.16 Å². The highest BCUT2D eigenvalue weighted by Gasteiger charge is 2.07. The monoisotopic (exact) mass is 236 g/mol. The van der Waals surface area contributed by atoms with Gasteiger partial charge in [-0.25, -0.2) is 4.98 Å². The summed E-state index contributed by atoms with van der Waals surface area (Å²) in [6.45, 7) is 1.73. The van der Waals surface area contributed by atoms with Crippen LogP contribution in [0, 0.1) is 0 Å². The van der Waals surface area contributed by atoms with Crippen molar-refractivity contribution >= 4 is 11.8 Å². The molecule has 0 saturated heterocycles. The summed E-state index contributed by atoms with van der Waals surface area (Å²) in [6.07, 6.45) is 2.84. The van der Waals surface area contributed by atoms with Gasteiger partial charge in [0.1, 0.15) is 11.4 Å². The van der Waals surface area contributed by atoms with Crippen molar-refractivity contribution in [2.24, 2.45) is 7.05 Å². The zero-order valence-electron chi connectivity index (χ0n) is 9.03. The summed E-state index contributed by atoms with van der Waals surface area (Å²) in [4.78, 5) is 4.21. The zero-order chi connectivity index (χ0) is 11.5. The van der Waals surface area contributed by atoms with Crippen molar-refractivity contribution in [1.82, 2.24) is 19.7 Å². The molecule has 2 aromatic heterocycles. The molecule has 84 valence electrons. The van der Waals surface area contributed by atoms with Crippen molar-refractivity contribution < 1.29 is 5.11 Å². The van der Waals surface area contributed by atoms with Crippen LogP contribution in [-0.2, 0) is 7.05 Å². The van der Waals surface area contributed by atoms with Crippen molar-refractivity contribution in [3.63, 3.8) is 0 Å². The van der Waals surface area contributed by atoms with Gasteiger partial charge in [0.05, 0.1) is 6.10 Å². The van der Waals surface area contributed by atoms with Crippen molar-refractivity contribution in [3.05, 3.63) is 30.2 Å². The van der Waals surface area contributed by atoms with E-state index in [0.29, 0.717) is 0 Å². The van der Waals surface area contributed by atoms with E-state index in [0.717, 1.165) is 15.7 Å². The molecule has 16 heavy (non-hydrogen) atoms. The summed E-state index contributed by atoms with van der Waals surface area (Å²) in [5.41, 5.74) is 0.847. The first-order chi connectivity index (χ1) is 7.66. The first kappa shape index (κ1) is 11.1. The Labute approximate surface area is 97.5 Å². The van der Waals surface area contributed by atoms with Crippen LogP contribution in [0.3, 0.4) is 0 Å². The summed E-state index contributed by atoms with van der Waals surface area (Å²) in [5.74, 6) is 0. The molecule has 2 rings (SSSR count). The SMILES string of the molecule is C[C@H](O)c1ccnc(Sc2nncn2C)c1. The average molecular weight is 236 g/mol. The summed E-state index contributed by atoms with van der Waals surface area (Å²) >= 11 is 1.42. The summed E-state index contributed by atoms with van der Waals surface area (Å²) in [6, 6.07) is 3.65. The minimum Gasteiger partial charge on any atom is -0.389 e. The number of nitrogens with zero attached hydrogens (tertiary/aromatic N) is 4. The Bertz CT molecular complexity index is 483. The standard InChI is InChI=1S/C10H12N4OS/c1-7(15)8-3-4-11-9(5-8)16-10-13-12-6-14(10)2/h3-7,15H,1-2H3/t7-/m0/s1. The lowest BCUT2D eigenvalue weighted by molar-refractivity contribution is 0.199. The highest BCUT2D eigenvalue weighted by atomic mass is 32.2. The molecule has 2 aromatic rings. The fraction of sp³-hybridized carbons (Fsp3) is 0.300. The summed E-state index contributed by atoms with van der Waals surface area (Å²) in [5, 5.41) is 18.8. The predicted octanol–water partition coefficient (Wildman–Crippen LogP) is 1.41. The van der Waals surface area contributed by atoms with Crippen molar-refractivity contribution in [2.75, 3.05) is 0 Å². The molecular weight excluding hydrogens is 224 g/mol. The molecule has 0 aliphatic rings. The van der Waals surface area contributed by atoms with Gasteiger partial charge in [-0.15, -0.1) is 10.2 Å². The van der Waals surface area contributed by atoms with Gasteiger partial charge >= 0.3 is 0 Å². The predicted molar refractivity (Wildman–Crippen MR) is 60.0 cm³/mol. The number of aryl methyl sites for hydroxylation is 1. The fourth-order valence-electron chi connectivity index (χ4n) is 1.20. The van der Waals surface area contributed by atoms with E-state index < -0.39 is 6.10 Å². The van der Waals surface area contributed by atoms with E-state index in [-0.39, 0.29) is 0 Å². The van der Waals surface area contributed by atoms with E-state index in [4.69, 9.17) is 0 Å². The molecule has 6 heteroatoms. The Morgan fingerprint density at radius 3 is 2.94 bits per heavy atom. The Balaban J connectivity index is 2.22. The molecule has 1 atom stereocenters. The lowest BCUT2D eigenvalue weighted by atomic mass is 10.2. The van der Waals surface area contributed by atoms with Crippen LogP contribution in [0.1, 0.15) is 18.6 Å². The maximum absolute atomic E-state index is 9.46. The lowest BCUT2D eigenvalue weighted by Gasteiger charge is -2.05. The molecule has 0 fully saturated rings. The molecule has 0 unspecified atom stereocenters. The van der Waals surface area contributed by atoms with Gasteiger partial charge in [-0.05, 0) is 36.4 Å². The van der Waals surface area contributed by atoms with Gasteiger partial charge in [0, 0.05) is 13.2 Å². The number of aliphatic hydroxyl groups excluding tert-OH is 1. The van der Waals surface area contributed by atoms with Crippen LogP contribution >= 0.6 is 11.8 Å². The smallest absolute Gasteiger partial charge is 0.197 e. The molecule has 0 aromatic carbocycles. The minimum absolute atomic E-state index is 0.484. The van der Waals surface area contributed by atoms with Crippen LogP contribution in [0.25, 0.3) is 0 Å². The Hall–Kier alpha value is -1.40. The van der Waals surface area contributed by atoms with E-state index >= 15 is 0 Å². The molecule has 0 amide bonds. The van der Waals surface area contributed by atoms with Gasteiger partial charge in [0.25, 0.3) is 0 Å². The average Bonchev–Trinajstić information content (AvgIpc) is 2.65. The largest absolute Gasteiger partial charge is 0.389 e. The van der Waals surface area contributed by atoms with Crippen LogP contribution in [0.4, 0.5) is 0 Å². The lowest BCUT2D eigenvalue weighted by Crippen LogP contribution is -1.94. The first-order valence-electron chi connectivity index (χ1n) is 4.82. The number of rotatable bonds is 3. The number of hydrogen-bond acceptors (Lipinski definition) is 5. The molecule has 0 spiro atoms. The highest BCUT2D eigenvalue weighted by Crippen LogP contribution is 2.25. The third-order valence-electron chi connectivity index (χ3n) is 2.11. The quantitative estimate of drug-likeness (QED) is 0.873. The maximum atomic E-state index is 9.46. The second-order valence-electron chi connectivity index (χ2n) is 3.43. The van der Waals surface area contributed by atoms with Crippen LogP contribution < -0.4 is 0 Å². The molecule has 0 saturated carbocycles. The molecule has 1 N–H and O–H groups in total. The van der Waals surface area contributed by atoms with Gasteiger partial charge in [-0.2, -0.15) is 0 Å². The summed E-state index contributed by atoms with van der Waals surface area (Å²) in [7, 11) is 1.88. The molecule has 0 bridgehead atoms. The Morgan fingerprint density at radius 2 is 2.31 bits per heavy atom. The van der Waals surface area contributed by atoms with Crippen molar-refractivity contribution in [3.8, 4) is 0 Å². The third kappa shape index (κ3) is 2.40. The fourth-order valence-corrected chi connectivity index (χ4v) is 1.97. The van der Waals surface area contributed by atoms with E-state index in [2.05, 4.69) is 15.2 Å². The molecule has 5 nitrogen and oxygen atoms in total. The van der Waals surface area contributed by atoms with Crippen molar-refractivity contribution in [1.29, 1.82) is 0 Å². The number of pyridine rings is 1. The third-order valence-corrected chi connectivity index (χ3v) is 3.09. The number of hydrogen-bond donors (Lipinski definition) is 1. The molecule has 0 radical (unpaired) electrons. The van der Waals surface area contributed by atoms with Gasteiger partial charge in [-0.1, -0.05) is 0 Å². The molecule has 0 aliphatic carbocycles. The van der Waals surface area contributed by atoms with Crippen LogP contribution in [0.15, 0.2) is 34.8 Å². The highest BCUT2D eigenvalue weighted by molar-refractivity contribution is 7.99.